The molecule has 0 aliphatic rings. The third kappa shape index (κ3) is 3.01. The van der Waals surface area contributed by atoms with Gasteiger partial charge >= 0.3 is 0 Å². The van der Waals surface area contributed by atoms with E-state index in [1.54, 1.807) is 23.5 Å². The lowest BCUT2D eigenvalue weighted by Crippen LogP contribution is -2.22. The second-order valence-electron chi connectivity index (χ2n) is 4.50. The summed E-state index contributed by atoms with van der Waals surface area (Å²) in [6.07, 6.45) is 0. The third-order valence-corrected chi connectivity index (χ3v) is 4.28. The molecule has 98 valence electrons. The van der Waals surface area contributed by atoms with Gasteiger partial charge in [0.1, 0.15) is 11.9 Å². The van der Waals surface area contributed by atoms with Gasteiger partial charge in [-0.15, -0.1) is 11.3 Å². The van der Waals surface area contributed by atoms with Crippen molar-refractivity contribution >= 4 is 11.3 Å². The predicted molar refractivity (Wildman–Crippen MR) is 75.3 cm³/mol. The normalized spacial score (nSPS) is 12.4. The van der Waals surface area contributed by atoms with Gasteiger partial charge in [0.2, 0.25) is 0 Å². The van der Waals surface area contributed by atoms with Gasteiger partial charge in [0, 0.05) is 23.0 Å². The minimum Gasteiger partial charge on any atom is -0.294 e. The summed E-state index contributed by atoms with van der Waals surface area (Å²) in [5, 5.41) is 10.9. The van der Waals surface area contributed by atoms with Crippen molar-refractivity contribution < 1.29 is 4.39 Å². The van der Waals surface area contributed by atoms with Crippen LogP contribution in [-0.2, 0) is 6.54 Å². The van der Waals surface area contributed by atoms with E-state index in [-0.39, 0.29) is 11.6 Å². The third-order valence-electron chi connectivity index (χ3n) is 3.23. The Morgan fingerprint density at radius 3 is 2.79 bits per heavy atom. The van der Waals surface area contributed by atoms with Crippen molar-refractivity contribution in [1.29, 1.82) is 5.26 Å². The molecule has 2 aromatic rings. The van der Waals surface area contributed by atoms with Crippen molar-refractivity contribution in [2.24, 2.45) is 0 Å². The lowest BCUT2D eigenvalue weighted by molar-refractivity contribution is 0.253. The molecular weight excluding hydrogens is 259 g/mol. The van der Waals surface area contributed by atoms with Crippen molar-refractivity contribution in [3.63, 3.8) is 0 Å². The zero-order valence-corrected chi connectivity index (χ0v) is 11.7. The number of benzene rings is 1. The van der Waals surface area contributed by atoms with Crippen molar-refractivity contribution in [2.45, 2.75) is 19.5 Å². The van der Waals surface area contributed by atoms with Crippen LogP contribution in [0.2, 0.25) is 0 Å². The van der Waals surface area contributed by atoms with Crippen LogP contribution in [0.1, 0.15) is 29.0 Å². The van der Waals surface area contributed by atoms with Gasteiger partial charge in [-0.1, -0.05) is 18.2 Å². The lowest BCUT2D eigenvalue weighted by atomic mass is 10.1. The van der Waals surface area contributed by atoms with Crippen molar-refractivity contribution in [3.8, 4) is 6.07 Å². The van der Waals surface area contributed by atoms with E-state index in [0.717, 1.165) is 0 Å². The number of thiophene rings is 1. The van der Waals surface area contributed by atoms with Crippen LogP contribution >= 0.6 is 11.3 Å². The summed E-state index contributed by atoms with van der Waals surface area (Å²) in [5.74, 6) is -0.407. The highest BCUT2D eigenvalue weighted by Crippen LogP contribution is 2.25. The van der Waals surface area contributed by atoms with E-state index in [4.69, 9.17) is 5.26 Å². The Morgan fingerprint density at radius 1 is 1.37 bits per heavy atom. The number of hydrogen-bond donors (Lipinski definition) is 0. The summed E-state index contributed by atoms with van der Waals surface area (Å²) in [7, 11) is 1.96. The molecule has 2 rings (SSSR count). The van der Waals surface area contributed by atoms with E-state index in [1.165, 1.54) is 10.9 Å². The molecule has 1 aromatic carbocycles. The van der Waals surface area contributed by atoms with Gasteiger partial charge in [-0.2, -0.15) is 5.26 Å². The van der Waals surface area contributed by atoms with Gasteiger partial charge < -0.3 is 0 Å². The Bertz CT molecular complexity index is 587. The van der Waals surface area contributed by atoms with E-state index < -0.39 is 5.82 Å². The van der Waals surface area contributed by atoms with Crippen LogP contribution in [0.3, 0.4) is 0 Å². The number of halogens is 1. The maximum absolute atomic E-state index is 14.0. The van der Waals surface area contributed by atoms with E-state index in [0.29, 0.717) is 12.1 Å². The van der Waals surface area contributed by atoms with Crippen LogP contribution in [0.5, 0.6) is 0 Å². The number of hydrogen-bond acceptors (Lipinski definition) is 3. The zero-order chi connectivity index (χ0) is 13.8. The number of rotatable bonds is 4. The molecule has 0 aliphatic heterocycles. The molecule has 4 heteroatoms. The lowest BCUT2D eigenvalue weighted by Gasteiger charge is -2.24. The van der Waals surface area contributed by atoms with Crippen molar-refractivity contribution in [2.75, 3.05) is 7.05 Å². The Hall–Kier alpha value is -1.70. The van der Waals surface area contributed by atoms with Gasteiger partial charge in [-0.3, -0.25) is 4.90 Å². The summed E-state index contributed by atoms with van der Waals surface area (Å²) < 4.78 is 14.0. The fraction of sp³-hybridized carbons (Fsp3) is 0.267. The quantitative estimate of drug-likeness (QED) is 0.844. The molecule has 0 amide bonds. The highest BCUT2D eigenvalue weighted by Gasteiger charge is 2.15. The minimum atomic E-state index is -0.407. The molecular formula is C15H15FN2S. The van der Waals surface area contributed by atoms with Gasteiger partial charge in [0.05, 0.1) is 5.56 Å². The van der Waals surface area contributed by atoms with Crippen LogP contribution in [0.4, 0.5) is 4.39 Å². The van der Waals surface area contributed by atoms with Crippen LogP contribution < -0.4 is 0 Å². The SMILES string of the molecule is CC(c1cccs1)N(C)Cc1cccc(C#N)c1F. The Kier molecular flexibility index (Phi) is 4.31. The number of nitrogens with zero attached hydrogens (tertiary/aromatic N) is 2. The summed E-state index contributed by atoms with van der Waals surface area (Å²) >= 11 is 1.69. The molecule has 0 spiro atoms. The molecule has 1 heterocycles. The molecule has 1 atom stereocenters. The van der Waals surface area contributed by atoms with Gasteiger partial charge in [0.15, 0.2) is 0 Å². The summed E-state index contributed by atoms with van der Waals surface area (Å²) in [6, 6.07) is 11.1. The summed E-state index contributed by atoms with van der Waals surface area (Å²) in [6.45, 7) is 2.58. The molecule has 19 heavy (non-hydrogen) atoms. The van der Waals surface area contributed by atoms with E-state index in [2.05, 4.69) is 17.9 Å². The molecule has 0 aliphatic carbocycles. The maximum Gasteiger partial charge on any atom is 0.145 e. The first-order valence-electron chi connectivity index (χ1n) is 6.04. The van der Waals surface area contributed by atoms with Crippen LogP contribution in [0.25, 0.3) is 0 Å². The summed E-state index contributed by atoms with van der Waals surface area (Å²) in [5.41, 5.74) is 0.666. The zero-order valence-electron chi connectivity index (χ0n) is 10.9. The van der Waals surface area contributed by atoms with Crippen molar-refractivity contribution in [1.82, 2.24) is 4.90 Å². The fourth-order valence-electron chi connectivity index (χ4n) is 1.94. The Balaban J connectivity index is 2.16. The molecule has 0 saturated heterocycles. The van der Waals surface area contributed by atoms with Crippen LogP contribution in [0.15, 0.2) is 35.7 Å². The molecule has 0 bridgehead atoms. The highest BCUT2D eigenvalue weighted by molar-refractivity contribution is 7.10. The maximum atomic E-state index is 14.0. The second-order valence-corrected chi connectivity index (χ2v) is 5.48. The average Bonchev–Trinajstić information content (AvgIpc) is 2.94. The van der Waals surface area contributed by atoms with E-state index >= 15 is 0 Å². The van der Waals surface area contributed by atoms with E-state index in [9.17, 15) is 4.39 Å². The molecule has 2 nitrogen and oxygen atoms in total. The Morgan fingerprint density at radius 2 is 2.16 bits per heavy atom. The topological polar surface area (TPSA) is 27.0 Å². The van der Waals surface area contributed by atoms with Crippen LogP contribution in [-0.4, -0.2) is 11.9 Å². The van der Waals surface area contributed by atoms with Gasteiger partial charge in [-0.25, -0.2) is 4.39 Å². The standard InChI is InChI=1S/C15H15FN2S/c1-11(14-7-4-8-19-14)18(2)10-13-6-3-5-12(9-17)15(13)16/h3-8,11H,10H2,1-2H3. The van der Waals surface area contributed by atoms with Crippen molar-refractivity contribution in [3.05, 3.63) is 57.5 Å². The molecule has 0 N–H and O–H groups in total. The highest BCUT2D eigenvalue weighted by atomic mass is 32.1. The fourth-order valence-corrected chi connectivity index (χ4v) is 2.79. The first kappa shape index (κ1) is 13.7. The second kappa shape index (κ2) is 5.96. The first-order valence-corrected chi connectivity index (χ1v) is 6.92. The molecule has 1 unspecified atom stereocenters. The van der Waals surface area contributed by atoms with Gasteiger partial charge in [-0.05, 0) is 31.5 Å². The summed E-state index contributed by atoms with van der Waals surface area (Å²) in [4.78, 5) is 3.32. The average molecular weight is 274 g/mol. The molecule has 0 radical (unpaired) electrons. The number of nitriles is 1. The van der Waals surface area contributed by atoms with E-state index in [1.807, 2.05) is 24.6 Å². The minimum absolute atomic E-state index is 0.106. The van der Waals surface area contributed by atoms with Gasteiger partial charge in [0.25, 0.3) is 0 Å². The monoisotopic (exact) mass is 274 g/mol. The Labute approximate surface area is 116 Å². The smallest absolute Gasteiger partial charge is 0.145 e. The molecule has 0 saturated carbocycles. The van der Waals surface area contributed by atoms with Crippen LogP contribution in [0, 0.1) is 17.1 Å². The molecule has 0 fully saturated rings. The predicted octanol–water partition coefficient (Wildman–Crippen LogP) is 3.95. The molecule has 1 aromatic heterocycles. The largest absolute Gasteiger partial charge is 0.294 e. The first-order chi connectivity index (χ1) is 9.13.